The number of carbonyl (C=O) groups is 1. The lowest BCUT2D eigenvalue weighted by molar-refractivity contribution is -0.123. The van der Waals surface area contributed by atoms with E-state index in [4.69, 9.17) is 9.47 Å². The number of rotatable bonds is 7. The van der Waals surface area contributed by atoms with Crippen LogP contribution in [0.15, 0.2) is 60.9 Å². The van der Waals surface area contributed by atoms with E-state index >= 15 is 0 Å². The number of benzene rings is 2. The second kappa shape index (κ2) is 8.78. The highest BCUT2D eigenvalue weighted by Crippen LogP contribution is 2.22. The van der Waals surface area contributed by atoms with Gasteiger partial charge in [-0.1, -0.05) is 12.1 Å². The Balaban J connectivity index is 1.43. The zero-order valence-corrected chi connectivity index (χ0v) is 16.9. The van der Waals surface area contributed by atoms with Crippen molar-refractivity contribution in [2.24, 2.45) is 0 Å². The summed E-state index contributed by atoms with van der Waals surface area (Å²) in [5.74, 6) is 0.275. The summed E-state index contributed by atoms with van der Waals surface area (Å²) >= 11 is 0. The van der Waals surface area contributed by atoms with Crippen LogP contribution in [0.25, 0.3) is 16.9 Å². The maximum absolute atomic E-state index is 13.6. The molecule has 0 unspecified atom stereocenters. The molecule has 0 aliphatic carbocycles. The van der Waals surface area contributed by atoms with E-state index in [2.05, 4.69) is 20.4 Å². The van der Waals surface area contributed by atoms with Crippen molar-refractivity contribution in [2.75, 3.05) is 13.7 Å². The van der Waals surface area contributed by atoms with Crippen LogP contribution < -0.4 is 14.8 Å². The fourth-order valence-corrected chi connectivity index (χ4v) is 2.97. The molecule has 1 atom stereocenters. The summed E-state index contributed by atoms with van der Waals surface area (Å²) in [4.78, 5) is 21.1. The summed E-state index contributed by atoms with van der Waals surface area (Å²) in [6.45, 7) is 1.44. The van der Waals surface area contributed by atoms with Crippen molar-refractivity contribution in [1.82, 2.24) is 24.9 Å². The summed E-state index contributed by atoms with van der Waals surface area (Å²) in [7, 11) is 1.61. The molecule has 0 radical (unpaired) electrons. The first-order valence-electron chi connectivity index (χ1n) is 9.57. The van der Waals surface area contributed by atoms with Gasteiger partial charge in [0.25, 0.3) is 5.91 Å². The van der Waals surface area contributed by atoms with E-state index in [0.717, 1.165) is 17.0 Å². The van der Waals surface area contributed by atoms with Crippen molar-refractivity contribution in [2.45, 2.75) is 13.0 Å². The van der Waals surface area contributed by atoms with Gasteiger partial charge in [0.15, 0.2) is 29.6 Å². The molecular weight excluding hydrogens is 401 g/mol. The standard InChI is InChI=1S/C22H20FN5O3/c1-14(25-21(29)12-31-19-6-4-3-5-17(19)23)22-26-20-11-18(24-13-28(20)27-22)15-7-9-16(30-2)10-8-15/h3-11,13-14H,12H2,1-2H3,(H,25,29)/t14-/m0/s1. The highest BCUT2D eigenvalue weighted by atomic mass is 19.1. The van der Waals surface area contributed by atoms with Gasteiger partial charge in [0.2, 0.25) is 0 Å². The van der Waals surface area contributed by atoms with E-state index in [9.17, 15) is 9.18 Å². The summed E-state index contributed by atoms with van der Waals surface area (Å²) in [5.41, 5.74) is 2.25. The Labute approximate surface area is 177 Å². The number of methoxy groups -OCH3 is 1. The molecule has 0 aliphatic heterocycles. The third-order valence-corrected chi connectivity index (χ3v) is 4.59. The molecule has 4 rings (SSSR count). The minimum absolute atomic E-state index is 0.0216. The van der Waals surface area contributed by atoms with Crippen LogP contribution in [0.2, 0.25) is 0 Å². The SMILES string of the molecule is COc1ccc(-c2cc3nc([C@H](C)NC(=O)COc4ccccc4F)nn3cn2)cc1. The molecule has 2 aromatic carbocycles. The first-order valence-corrected chi connectivity index (χ1v) is 9.57. The van der Waals surface area contributed by atoms with Crippen LogP contribution in [-0.4, -0.2) is 39.2 Å². The molecule has 0 fully saturated rings. The normalized spacial score (nSPS) is 11.8. The zero-order valence-electron chi connectivity index (χ0n) is 16.9. The first kappa shape index (κ1) is 20.3. The lowest BCUT2D eigenvalue weighted by Gasteiger charge is -2.11. The molecule has 4 aromatic rings. The second-order valence-corrected chi connectivity index (χ2v) is 6.78. The van der Waals surface area contributed by atoms with Gasteiger partial charge in [-0.2, -0.15) is 0 Å². The second-order valence-electron chi connectivity index (χ2n) is 6.78. The Morgan fingerprint density at radius 3 is 2.71 bits per heavy atom. The molecule has 0 saturated heterocycles. The molecular formula is C22H20FN5O3. The molecule has 158 valence electrons. The maximum Gasteiger partial charge on any atom is 0.258 e. The van der Waals surface area contributed by atoms with E-state index in [-0.39, 0.29) is 12.4 Å². The number of fused-ring (bicyclic) bond motifs is 1. The number of hydrogen-bond donors (Lipinski definition) is 1. The molecule has 1 amide bonds. The van der Waals surface area contributed by atoms with E-state index < -0.39 is 17.8 Å². The zero-order chi connectivity index (χ0) is 21.8. The van der Waals surface area contributed by atoms with E-state index in [0.29, 0.717) is 11.5 Å². The minimum Gasteiger partial charge on any atom is -0.497 e. The van der Waals surface area contributed by atoms with Crippen molar-refractivity contribution in [1.29, 1.82) is 0 Å². The van der Waals surface area contributed by atoms with Gasteiger partial charge in [0.05, 0.1) is 18.8 Å². The minimum atomic E-state index is -0.523. The van der Waals surface area contributed by atoms with Gasteiger partial charge in [-0.05, 0) is 43.3 Å². The molecule has 2 heterocycles. The van der Waals surface area contributed by atoms with Crippen molar-refractivity contribution < 1.29 is 18.7 Å². The number of hydrogen-bond acceptors (Lipinski definition) is 6. The van der Waals surface area contributed by atoms with Crippen LogP contribution in [0.5, 0.6) is 11.5 Å². The number of nitrogens with one attached hydrogen (secondary N) is 1. The Bertz CT molecular complexity index is 1210. The number of aromatic nitrogens is 4. The number of halogens is 1. The molecule has 0 aliphatic rings. The van der Waals surface area contributed by atoms with Crippen molar-refractivity contribution in [3.63, 3.8) is 0 Å². The van der Waals surface area contributed by atoms with E-state index in [1.165, 1.54) is 12.1 Å². The van der Waals surface area contributed by atoms with Gasteiger partial charge in [-0.3, -0.25) is 4.79 Å². The molecule has 0 saturated carbocycles. The molecule has 8 nitrogen and oxygen atoms in total. The van der Waals surface area contributed by atoms with Crippen molar-refractivity contribution in [3.05, 3.63) is 72.6 Å². The predicted octanol–water partition coefficient (Wildman–Crippen LogP) is 3.20. The smallest absolute Gasteiger partial charge is 0.258 e. The van der Waals surface area contributed by atoms with E-state index in [1.54, 1.807) is 37.0 Å². The molecule has 0 bridgehead atoms. The molecule has 2 aromatic heterocycles. The Morgan fingerprint density at radius 2 is 1.97 bits per heavy atom. The number of ether oxygens (including phenoxy) is 2. The third kappa shape index (κ3) is 4.61. The first-order chi connectivity index (χ1) is 15.0. The largest absolute Gasteiger partial charge is 0.497 e. The maximum atomic E-state index is 13.6. The van der Waals surface area contributed by atoms with Gasteiger partial charge < -0.3 is 14.8 Å². The lowest BCUT2D eigenvalue weighted by Crippen LogP contribution is -2.31. The highest BCUT2D eigenvalue weighted by Gasteiger charge is 2.16. The van der Waals surface area contributed by atoms with Gasteiger partial charge >= 0.3 is 0 Å². The van der Waals surface area contributed by atoms with Gasteiger partial charge in [-0.15, -0.1) is 5.10 Å². The van der Waals surface area contributed by atoms with Crippen LogP contribution in [0.4, 0.5) is 4.39 Å². The van der Waals surface area contributed by atoms with Crippen LogP contribution in [0.3, 0.4) is 0 Å². The van der Waals surface area contributed by atoms with Crippen LogP contribution >= 0.6 is 0 Å². The monoisotopic (exact) mass is 421 g/mol. The lowest BCUT2D eigenvalue weighted by atomic mass is 10.1. The van der Waals surface area contributed by atoms with Crippen LogP contribution in [0, 0.1) is 5.82 Å². The number of para-hydroxylation sites is 1. The Hall–Kier alpha value is -4.01. The highest BCUT2D eigenvalue weighted by molar-refractivity contribution is 5.77. The Kier molecular flexibility index (Phi) is 5.74. The number of amides is 1. The molecule has 31 heavy (non-hydrogen) atoms. The summed E-state index contributed by atoms with van der Waals surface area (Å²) in [6, 6.07) is 14.8. The van der Waals surface area contributed by atoms with E-state index in [1.807, 2.05) is 30.3 Å². The topological polar surface area (TPSA) is 90.6 Å². The summed E-state index contributed by atoms with van der Waals surface area (Å²) in [6.07, 6.45) is 1.57. The predicted molar refractivity (Wildman–Crippen MR) is 111 cm³/mol. The average Bonchev–Trinajstić information content (AvgIpc) is 3.22. The fourth-order valence-electron chi connectivity index (χ4n) is 2.97. The van der Waals surface area contributed by atoms with Gasteiger partial charge in [-0.25, -0.2) is 18.9 Å². The molecule has 1 N–H and O–H groups in total. The quantitative estimate of drug-likeness (QED) is 0.493. The van der Waals surface area contributed by atoms with Crippen molar-refractivity contribution in [3.8, 4) is 22.8 Å². The third-order valence-electron chi connectivity index (χ3n) is 4.59. The van der Waals surface area contributed by atoms with Gasteiger partial charge in [0, 0.05) is 11.6 Å². The average molecular weight is 421 g/mol. The number of nitrogens with zero attached hydrogens (tertiary/aromatic N) is 4. The van der Waals surface area contributed by atoms with Gasteiger partial charge in [0.1, 0.15) is 12.1 Å². The fraction of sp³-hybridized carbons (Fsp3) is 0.182. The summed E-state index contributed by atoms with van der Waals surface area (Å²) < 4.78 is 25.5. The molecule has 9 heteroatoms. The van der Waals surface area contributed by atoms with Crippen LogP contribution in [0.1, 0.15) is 18.8 Å². The molecule has 0 spiro atoms. The van der Waals surface area contributed by atoms with Crippen LogP contribution in [-0.2, 0) is 4.79 Å². The van der Waals surface area contributed by atoms with Crippen molar-refractivity contribution >= 4 is 11.6 Å². The Morgan fingerprint density at radius 1 is 1.19 bits per heavy atom. The summed E-state index contributed by atoms with van der Waals surface area (Å²) in [5, 5.41) is 7.11. The number of carbonyl (C=O) groups excluding carboxylic acids is 1.